The first-order chi connectivity index (χ1) is 15.3. The van der Waals surface area contributed by atoms with Crippen LogP contribution in [-0.2, 0) is 4.79 Å². The topological polar surface area (TPSA) is 75.1 Å². The Morgan fingerprint density at radius 2 is 1.47 bits per heavy atom. The van der Waals surface area contributed by atoms with Crippen LogP contribution in [0.15, 0.2) is 89.1 Å². The number of benzene rings is 3. The fourth-order valence-corrected chi connectivity index (χ4v) is 2.94. The molecule has 6 nitrogen and oxygen atoms in total. The molecule has 10 heteroatoms. The number of anilines is 1. The quantitative estimate of drug-likeness (QED) is 0.193. The minimum atomic E-state index is -1.82. The van der Waals surface area contributed by atoms with Gasteiger partial charge in [0.25, 0.3) is 5.91 Å². The smallest absolute Gasteiger partial charge is 0.259 e. The molecule has 3 aromatic rings. The van der Waals surface area contributed by atoms with Crippen molar-refractivity contribution in [2.24, 2.45) is 10.2 Å². The second kappa shape index (κ2) is 11.4. The maximum absolute atomic E-state index is 12.3. The van der Waals surface area contributed by atoms with E-state index in [9.17, 15) is 4.79 Å². The molecular weight excluding hydrogens is 494 g/mol. The molecule has 0 radical (unpaired) electrons. The Morgan fingerprint density at radius 3 is 2.06 bits per heavy atom. The summed E-state index contributed by atoms with van der Waals surface area (Å²) in [6, 6.07) is 22.9. The molecule has 2 N–H and O–H groups in total. The lowest BCUT2D eigenvalue weighted by Gasteiger charge is -2.27. The summed E-state index contributed by atoms with van der Waals surface area (Å²) < 4.78 is 3.60. The van der Waals surface area contributed by atoms with E-state index in [1.54, 1.807) is 48.5 Å². The number of amides is 1. The maximum Gasteiger partial charge on any atom is 0.259 e. The van der Waals surface area contributed by atoms with E-state index in [1.165, 1.54) is 0 Å². The lowest BCUT2D eigenvalue weighted by molar-refractivity contribution is -0.123. The van der Waals surface area contributed by atoms with Crippen molar-refractivity contribution in [2.45, 2.75) is 9.96 Å². The van der Waals surface area contributed by atoms with Crippen LogP contribution in [0.5, 0.6) is 5.75 Å². The number of azo groups is 1. The van der Waals surface area contributed by atoms with E-state index in [-0.39, 0.29) is 6.61 Å². The Balaban J connectivity index is 1.58. The number of hydrogen-bond donors (Lipinski definition) is 2. The van der Waals surface area contributed by atoms with Gasteiger partial charge in [0.1, 0.15) is 11.9 Å². The van der Waals surface area contributed by atoms with Gasteiger partial charge in [0, 0.05) is 10.7 Å². The van der Waals surface area contributed by atoms with E-state index in [0.29, 0.717) is 22.1 Å². The normalized spacial score (nSPS) is 12.4. The fourth-order valence-electron chi connectivity index (χ4n) is 2.48. The second-order valence-corrected chi connectivity index (χ2v) is 9.32. The summed E-state index contributed by atoms with van der Waals surface area (Å²) in [6.07, 6.45) is -1.01. The van der Waals surface area contributed by atoms with Gasteiger partial charge in [-0.1, -0.05) is 64.6 Å². The van der Waals surface area contributed by atoms with Gasteiger partial charge in [0.2, 0.25) is 3.79 Å². The highest BCUT2D eigenvalue weighted by atomic mass is 35.6. The third-order valence-electron chi connectivity index (χ3n) is 4.03. The van der Waals surface area contributed by atoms with E-state index in [1.807, 2.05) is 30.3 Å². The number of hydrogen-bond acceptors (Lipinski definition) is 5. The van der Waals surface area contributed by atoms with Crippen LogP contribution in [0.4, 0.5) is 17.1 Å². The molecule has 0 aliphatic carbocycles. The van der Waals surface area contributed by atoms with Gasteiger partial charge in [-0.2, -0.15) is 10.2 Å². The molecule has 32 heavy (non-hydrogen) atoms. The van der Waals surface area contributed by atoms with Crippen LogP contribution in [0.3, 0.4) is 0 Å². The Hall–Kier alpha value is -2.51. The highest BCUT2D eigenvalue weighted by molar-refractivity contribution is 6.68. The molecular formula is C22H18Cl4N4O2. The van der Waals surface area contributed by atoms with Crippen LogP contribution in [0.1, 0.15) is 0 Å². The largest absolute Gasteiger partial charge is 0.484 e. The van der Waals surface area contributed by atoms with E-state index in [2.05, 4.69) is 20.9 Å². The Bertz CT molecular complexity index is 1040. The standard InChI is InChI=1S/C22H18Cl4N4O2/c23-15-6-12-19(13-7-15)32-14-20(31)28-21(22(24,25)26)27-16-8-10-18(11-9-16)30-29-17-4-2-1-3-5-17/h1-13,21,27H,14H2,(H,28,31)/t21-/m0/s1. The number of nitrogens with one attached hydrogen (secondary N) is 2. The van der Waals surface area contributed by atoms with Gasteiger partial charge >= 0.3 is 0 Å². The average Bonchev–Trinajstić information content (AvgIpc) is 2.78. The molecule has 0 aromatic heterocycles. The van der Waals surface area contributed by atoms with Crippen molar-refractivity contribution in [3.8, 4) is 5.75 Å². The Kier molecular flexibility index (Phi) is 8.59. The molecule has 0 heterocycles. The summed E-state index contributed by atoms with van der Waals surface area (Å²) in [4.78, 5) is 12.3. The van der Waals surface area contributed by atoms with E-state index < -0.39 is 15.9 Å². The molecule has 1 amide bonds. The molecule has 3 aromatic carbocycles. The fraction of sp³-hybridized carbons (Fsp3) is 0.136. The third-order valence-corrected chi connectivity index (χ3v) is 4.94. The first-order valence-corrected chi connectivity index (χ1v) is 10.9. The van der Waals surface area contributed by atoms with Crippen molar-refractivity contribution in [1.29, 1.82) is 0 Å². The first-order valence-electron chi connectivity index (χ1n) is 9.37. The SMILES string of the molecule is O=C(COc1ccc(Cl)cc1)N[C@H](Nc1ccc(N=Nc2ccccc2)cc1)C(Cl)(Cl)Cl. The van der Waals surface area contributed by atoms with Crippen molar-refractivity contribution in [1.82, 2.24) is 5.32 Å². The van der Waals surface area contributed by atoms with Crippen LogP contribution in [0, 0.1) is 0 Å². The van der Waals surface area contributed by atoms with Crippen molar-refractivity contribution in [3.05, 3.63) is 83.9 Å². The number of carbonyl (C=O) groups is 1. The van der Waals surface area contributed by atoms with Crippen molar-refractivity contribution in [2.75, 3.05) is 11.9 Å². The van der Waals surface area contributed by atoms with E-state index >= 15 is 0 Å². The molecule has 0 saturated carbocycles. The van der Waals surface area contributed by atoms with E-state index in [4.69, 9.17) is 51.1 Å². The first kappa shape index (κ1) is 24.1. The van der Waals surface area contributed by atoms with Crippen LogP contribution in [0.2, 0.25) is 5.02 Å². The van der Waals surface area contributed by atoms with Gasteiger partial charge in [-0.25, -0.2) is 0 Å². The van der Waals surface area contributed by atoms with Crippen molar-refractivity contribution >= 4 is 69.4 Å². The minimum absolute atomic E-state index is 0.265. The average molecular weight is 512 g/mol. The van der Waals surface area contributed by atoms with Gasteiger partial charge in [0.05, 0.1) is 11.4 Å². The molecule has 0 bridgehead atoms. The summed E-state index contributed by atoms with van der Waals surface area (Å²) in [5, 5.41) is 14.5. The number of rotatable bonds is 8. The lowest BCUT2D eigenvalue weighted by atomic mass is 10.3. The molecule has 0 aliphatic heterocycles. The van der Waals surface area contributed by atoms with Gasteiger partial charge in [-0.3, -0.25) is 4.79 Å². The van der Waals surface area contributed by atoms with Crippen LogP contribution in [0.25, 0.3) is 0 Å². The zero-order valence-corrected chi connectivity index (χ0v) is 19.5. The highest BCUT2D eigenvalue weighted by Crippen LogP contribution is 2.31. The molecule has 166 valence electrons. The molecule has 1 atom stereocenters. The monoisotopic (exact) mass is 510 g/mol. The van der Waals surface area contributed by atoms with Gasteiger partial charge < -0.3 is 15.4 Å². The molecule has 0 saturated heterocycles. The summed E-state index contributed by atoms with van der Waals surface area (Å²) in [5.74, 6) is 0.0141. The number of ether oxygens (including phenoxy) is 1. The third kappa shape index (κ3) is 7.88. The number of halogens is 4. The Labute approximate surface area is 205 Å². The van der Waals surface area contributed by atoms with Crippen molar-refractivity contribution < 1.29 is 9.53 Å². The van der Waals surface area contributed by atoms with Crippen LogP contribution >= 0.6 is 46.4 Å². The predicted octanol–water partition coefficient (Wildman–Crippen LogP) is 7.06. The van der Waals surface area contributed by atoms with Crippen molar-refractivity contribution in [3.63, 3.8) is 0 Å². The highest BCUT2D eigenvalue weighted by Gasteiger charge is 2.34. The molecule has 0 spiro atoms. The maximum atomic E-state index is 12.3. The second-order valence-electron chi connectivity index (χ2n) is 6.51. The summed E-state index contributed by atoms with van der Waals surface area (Å²) in [6.45, 7) is -0.265. The van der Waals surface area contributed by atoms with Gasteiger partial charge in [-0.05, 0) is 60.7 Å². The van der Waals surface area contributed by atoms with Crippen LogP contribution < -0.4 is 15.4 Å². The van der Waals surface area contributed by atoms with Gasteiger partial charge in [0.15, 0.2) is 6.61 Å². The summed E-state index contributed by atoms with van der Waals surface area (Å²) >= 11 is 24.0. The van der Waals surface area contributed by atoms with Crippen LogP contribution in [-0.4, -0.2) is 22.5 Å². The Morgan fingerprint density at radius 1 is 0.875 bits per heavy atom. The number of alkyl halides is 3. The van der Waals surface area contributed by atoms with Gasteiger partial charge in [-0.15, -0.1) is 0 Å². The zero-order valence-electron chi connectivity index (χ0n) is 16.5. The lowest BCUT2D eigenvalue weighted by Crippen LogP contribution is -2.50. The minimum Gasteiger partial charge on any atom is -0.484 e. The zero-order chi connectivity index (χ0) is 23.0. The summed E-state index contributed by atoms with van der Waals surface area (Å²) in [7, 11) is 0. The summed E-state index contributed by atoms with van der Waals surface area (Å²) in [5.41, 5.74) is 2.00. The molecule has 3 rings (SSSR count). The predicted molar refractivity (Wildman–Crippen MR) is 130 cm³/mol. The molecule has 0 fully saturated rings. The number of carbonyl (C=O) groups excluding carboxylic acids is 1. The molecule has 0 aliphatic rings. The molecule has 0 unspecified atom stereocenters. The number of nitrogens with zero attached hydrogens (tertiary/aromatic N) is 2. The van der Waals surface area contributed by atoms with E-state index in [0.717, 1.165) is 5.69 Å².